The first-order chi connectivity index (χ1) is 12.9. The van der Waals surface area contributed by atoms with Crippen LogP contribution < -0.4 is 16.0 Å². The van der Waals surface area contributed by atoms with Gasteiger partial charge in [-0.25, -0.2) is 0 Å². The number of hydrogen-bond donors (Lipinski definition) is 3. The highest BCUT2D eigenvalue weighted by Gasteiger charge is 2.10. The van der Waals surface area contributed by atoms with Crippen LogP contribution in [0.25, 0.3) is 0 Å². The van der Waals surface area contributed by atoms with Crippen molar-refractivity contribution in [3.05, 3.63) is 59.2 Å². The molecule has 2 aromatic carbocycles. The van der Waals surface area contributed by atoms with Crippen molar-refractivity contribution in [3.8, 4) is 0 Å². The molecular formula is C22H29N3O2. The number of benzene rings is 2. The van der Waals surface area contributed by atoms with Crippen molar-refractivity contribution in [2.75, 3.05) is 17.2 Å². The predicted octanol–water partition coefficient (Wildman–Crippen LogP) is 4.14. The van der Waals surface area contributed by atoms with Crippen molar-refractivity contribution in [3.63, 3.8) is 0 Å². The van der Waals surface area contributed by atoms with Gasteiger partial charge in [-0.05, 0) is 62.1 Å². The van der Waals surface area contributed by atoms with Crippen LogP contribution in [0.2, 0.25) is 0 Å². The number of rotatable bonds is 8. The molecule has 0 radical (unpaired) electrons. The fourth-order valence-electron chi connectivity index (χ4n) is 2.76. The zero-order valence-corrected chi connectivity index (χ0v) is 16.6. The minimum atomic E-state index is -0.128. The Bertz CT molecular complexity index is 785. The molecule has 2 aromatic rings. The van der Waals surface area contributed by atoms with Crippen molar-refractivity contribution in [1.82, 2.24) is 5.32 Å². The summed E-state index contributed by atoms with van der Waals surface area (Å²) in [4.78, 5) is 24.3. The van der Waals surface area contributed by atoms with Gasteiger partial charge in [0.05, 0.1) is 6.54 Å². The second-order valence-electron chi connectivity index (χ2n) is 6.72. The first-order valence-electron chi connectivity index (χ1n) is 9.47. The van der Waals surface area contributed by atoms with Crippen molar-refractivity contribution in [1.29, 1.82) is 0 Å². The lowest BCUT2D eigenvalue weighted by Gasteiger charge is -2.14. The number of hydrogen-bond acceptors (Lipinski definition) is 3. The molecule has 1 atom stereocenters. The summed E-state index contributed by atoms with van der Waals surface area (Å²) in [5.74, 6) is -0.229. The number of aryl methyl sites for hydroxylation is 2. The van der Waals surface area contributed by atoms with Crippen molar-refractivity contribution in [2.24, 2.45) is 0 Å². The first kappa shape index (κ1) is 20.5. The minimum absolute atomic E-state index is 0.101. The van der Waals surface area contributed by atoms with Gasteiger partial charge in [-0.3, -0.25) is 9.59 Å². The van der Waals surface area contributed by atoms with E-state index in [1.807, 2.05) is 32.9 Å². The molecule has 0 heterocycles. The third-order valence-corrected chi connectivity index (χ3v) is 4.59. The Morgan fingerprint density at radius 3 is 2.37 bits per heavy atom. The van der Waals surface area contributed by atoms with Gasteiger partial charge in [-0.2, -0.15) is 0 Å². The van der Waals surface area contributed by atoms with E-state index in [1.165, 1.54) is 5.56 Å². The molecular weight excluding hydrogens is 338 g/mol. The Hall–Kier alpha value is -2.82. The van der Waals surface area contributed by atoms with E-state index in [0.717, 1.165) is 24.1 Å². The van der Waals surface area contributed by atoms with Gasteiger partial charge < -0.3 is 16.0 Å². The van der Waals surface area contributed by atoms with Gasteiger partial charge in [-0.1, -0.05) is 32.0 Å². The Labute approximate surface area is 161 Å². The van der Waals surface area contributed by atoms with Gasteiger partial charge in [0.1, 0.15) is 0 Å². The number of anilines is 2. The quantitative estimate of drug-likeness (QED) is 0.657. The van der Waals surface area contributed by atoms with Gasteiger partial charge in [0.15, 0.2) is 0 Å². The van der Waals surface area contributed by atoms with Crippen LogP contribution in [0.4, 0.5) is 11.4 Å². The number of carbonyl (C=O) groups excluding carboxylic acids is 2. The minimum Gasteiger partial charge on any atom is -0.376 e. The molecule has 144 valence electrons. The normalized spacial score (nSPS) is 11.6. The summed E-state index contributed by atoms with van der Waals surface area (Å²) in [6.07, 6.45) is 1.79. The summed E-state index contributed by atoms with van der Waals surface area (Å²) in [6.45, 7) is 8.31. The third-order valence-electron chi connectivity index (χ3n) is 4.59. The fraction of sp³-hybridized carbons (Fsp3) is 0.364. The highest BCUT2D eigenvalue weighted by atomic mass is 16.2. The summed E-state index contributed by atoms with van der Waals surface area (Å²) in [7, 11) is 0. The molecule has 0 aliphatic heterocycles. The van der Waals surface area contributed by atoms with Gasteiger partial charge in [0.2, 0.25) is 5.91 Å². The molecule has 2 rings (SSSR count). The van der Waals surface area contributed by atoms with Crippen molar-refractivity contribution >= 4 is 23.2 Å². The summed E-state index contributed by atoms with van der Waals surface area (Å²) in [5, 5.41) is 9.01. The van der Waals surface area contributed by atoms with Gasteiger partial charge in [-0.15, -0.1) is 0 Å². The summed E-state index contributed by atoms with van der Waals surface area (Å²) >= 11 is 0. The summed E-state index contributed by atoms with van der Waals surface area (Å²) in [5.41, 5.74) is 4.59. The molecule has 0 aromatic heterocycles. The van der Waals surface area contributed by atoms with Crippen LogP contribution in [0.1, 0.15) is 48.7 Å². The average molecular weight is 367 g/mol. The van der Waals surface area contributed by atoms with Crippen LogP contribution >= 0.6 is 0 Å². The summed E-state index contributed by atoms with van der Waals surface area (Å²) in [6, 6.07) is 13.2. The van der Waals surface area contributed by atoms with E-state index in [1.54, 1.807) is 24.3 Å². The Morgan fingerprint density at radius 2 is 1.74 bits per heavy atom. The number of para-hydroxylation sites is 1. The molecule has 0 aliphatic carbocycles. The van der Waals surface area contributed by atoms with E-state index >= 15 is 0 Å². The molecule has 0 bridgehead atoms. The molecule has 1 unspecified atom stereocenters. The third kappa shape index (κ3) is 5.84. The number of carbonyl (C=O) groups is 2. The molecule has 5 nitrogen and oxygen atoms in total. The number of amides is 2. The van der Waals surface area contributed by atoms with E-state index in [2.05, 4.69) is 28.9 Å². The van der Waals surface area contributed by atoms with Crippen molar-refractivity contribution in [2.45, 2.75) is 46.6 Å². The summed E-state index contributed by atoms with van der Waals surface area (Å²) < 4.78 is 0. The molecule has 5 heteroatoms. The van der Waals surface area contributed by atoms with E-state index in [0.29, 0.717) is 11.3 Å². The lowest BCUT2D eigenvalue weighted by Crippen LogP contribution is -2.31. The molecule has 27 heavy (non-hydrogen) atoms. The lowest BCUT2D eigenvalue weighted by molar-refractivity contribution is -0.114. The second-order valence-corrected chi connectivity index (χ2v) is 6.72. The molecule has 0 fully saturated rings. The largest absolute Gasteiger partial charge is 0.376 e. The standard InChI is InChI=1S/C22H29N3O2/c1-5-16(4)24-22(27)18-10-12-19(13-11-18)25-20(26)14-23-21-15(3)8-7-9-17(21)6-2/h7-13,16,23H,5-6,14H2,1-4H3,(H,24,27)(H,25,26). The fourth-order valence-corrected chi connectivity index (χ4v) is 2.76. The lowest BCUT2D eigenvalue weighted by atomic mass is 10.1. The Morgan fingerprint density at radius 1 is 1.04 bits per heavy atom. The van der Waals surface area contributed by atoms with E-state index in [-0.39, 0.29) is 24.4 Å². The number of nitrogens with one attached hydrogen (secondary N) is 3. The van der Waals surface area contributed by atoms with Crippen LogP contribution in [0, 0.1) is 6.92 Å². The second kappa shape index (κ2) is 9.76. The van der Waals surface area contributed by atoms with E-state index < -0.39 is 0 Å². The van der Waals surface area contributed by atoms with E-state index in [4.69, 9.17) is 0 Å². The van der Waals surface area contributed by atoms with Crippen LogP contribution in [-0.2, 0) is 11.2 Å². The maximum atomic E-state index is 12.2. The molecule has 3 N–H and O–H groups in total. The molecule has 0 spiro atoms. The van der Waals surface area contributed by atoms with Crippen LogP contribution in [0.15, 0.2) is 42.5 Å². The topological polar surface area (TPSA) is 70.2 Å². The van der Waals surface area contributed by atoms with Crippen molar-refractivity contribution < 1.29 is 9.59 Å². The highest BCUT2D eigenvalue weighted by Crippen LogP contribution is 2.20. The monoisotopic (exact) mass is 367 g/mol. The molecule has 0 saturated carbocycles. The van der Waals surface area contributed by atoms with Crippen LogP contribution in [0.5, 0.6) is 0 Å². The molecule has 2 amide bonds. The van der Waals surface area contributed by atoms with E-state index in [9.17, 15) is 9.59 Å². The van der Waals surface area contributed by atoms with Gasteiger partial charge in [0.25, 0.3) is 5.91 Å². The van der Waals surface area contributed by atoms with Gasteiger partial charge >= 0.3 is 0 Å². The zero-order chi connectivity index (χ0) is 19.8. The molecule has 0 saturated heterocycles. The molecule has 0 aliphatic rings. The Balaban J connectivity index is 1.92. The highest BCUT2D eigenvalue weighted by molar-refractivity contribution is 5.96. The zero-order valence-electron chi connectivity index (χ0n) is 16.6. The Kier molecular flexibility index (Phi) is 7.41. The van der Waals surface area contributed by atoms with Crippen LogP contribution in [0.3, 0.4) is 0 Å². The SMILES string of the molecule is CCc1cccc(C)c1NCC(=O)Nc1ccc(C(=O)NC(C)CC)cc1. The average Bonchev–Trinajstić information content (AvgIpc) is 2.67. The van der Waals surface area contributed by atoms with Crippen LogP contribution in [-0.4, -0.2) is 24.4 Å². The maximum Gasteiger partial charge on any atom is 0.251 e. The first-order valence-corrected chi connectivity index (χ1v) is 9.47. The smallest absolute Gasteiger partial charge is 0.251 e. The predicted molar refractivity (Wildman–Crippen MR) is 111 cm³/mol. The van der Waals surface area contributed by atoms with Gasteiger partial charge in [0, 0.05) is 23.0 Å². The maximum absolute atomic E-state index is 12.2.